The Morgan fingerprint density at radius 1 is 1.10 bits per heavy atom. The second-order valence-electron chi connectivity index (χ2n) is 4.20. The lowest BCUT2D eigenvalue weighted by atomic mass is 10.2. The highest BCUT2D eigenvalue weighted by molar-refractivity contribution is 7.85. The largest absolute Gasteiger partial charge is 0.744 e. The topological polar surface area (TPSA) is 70.1 Å². The van der Waals surface area contributed by atoms with Gasteiger partial charge in [0, 0.05) is 11.9 Å². The fourth-order valence-corrected chi connectivity index (χ4v) is 1.77. The lowest BCUT2D eigenvalue weighted by molar-refractivity contribution is 0.463. The van der Waals surface area contributed by atoms with Crippen molar-refractivity contribution in [2.75, 3.05) is 0 Å². The molecule has 1 aromatic carbocycles. The summed E-state index contributed by atoms with van der Waals surface area (Å²) in [4.78, 5) is 3.90. The Kier molecular flexibility index (Phi) is 5.61. The summed E-state index contributed by atoms with van der Waals surface area (Å²) in [5.41, 5.74) is 3.04. The first-order chi connectivity index (χ1) is 9.32. The second kappa shape index (κ2) is 6.98. The molecule has 0 saturated carbocycles. The summed E-state index contributed by atoms with van der Waals surface area (Å²) >= 11 is 0. The molecule has 0 spiro atoms. The van der Waals surface area contributed by atoms with Gasteiger partial charge in [0.05, 0.1) is 4.90 Å². The molecule has 4 nitrogen and oxygen atoms in total. The molecule has 2 rings (SSSR count). The summed E-state index contributed by atoms with van der Waals surface area (Å²) in [6, 6.07) is 9.75. The van der Waals surface area contributed by atoms with Crippen molar-refractivity contribution in [2.45, 2.75) is 18.7 Å². The second-order valence-corrected chi connectivity index (χ2v) is 5.58. The van der Waals surface area contributed by atoms with Crippen molar-refractivity contribution in [3.05, 3.63) is 66.0 Å². The van der Waals surface area contributed by atoms with Gasteiger partial charge < -0.3 is 4.55 Å². The van der Waals surface area contributed by atoms with E-state index in [1.54, 1.807) is 18.2 Å². The van der Waals surface area contributed by atoms with E-state index in [1.165, 1.54) is 12.1 Å². The number of aryl methyl sites for hydroxylation is 2. The van der Waals surface area contributed by atoms with E-state index in [2.05, 4.69) is 11.6 Å². The van der Waals surface area contributed by atoms with Gasteiger partial charge in [-0.05, 0) is 37.6 Å². The maximum Gasteiger partial charge on any atom is 0.124 e. The van der Waals surface area contributed by atoms with Crippen LogP contribution in [0.2, 0.25) is 0 Å². The van der Waals surface area contributed by atoms with Crippen molar-refractivity contribution in [1.82, 2.24) is 4.98 Å². The van der Waals surface area contributed by atoms with Crippen LogP contribution in [0.1, 0.15) is 16.8 Å². The maximum absolute atomic E-state index is 10.4. The standard InChI is InChI=1S/C8H9N.C7H8O3S/c1-3-8-5-4-7(2)9-6-8;1-6-2-4-7(5-3-6)11(8,9)10/h3-6H,1H2,2H3;2-5H,1H3,(H,8,9,10)/p-1. The van der Waals surface area contributed by atoms with Crippen LogP contribution in [0.4, 0.5) is 0 Å². The minimum absolute atomic E-state index is 0.178. The lowest BCUT2D eigenvalue weighted by Gasteiger charge is -2.05. The zero-order chi connectivity index (χ0) is 15.2. The van der Waals surface area contributed by atoms with Crippen LogP contribution >= 0.6 is 0 Å². The molecule has 0 aliphatic rings. The molecule has 0 atom stereocenters. The summed E-state index contributed by atoms with van der Waals surface area (Å²) in [6.45, 7) is 7.41. The Labute approximate surface area is 119 Å². The SMILES string of the molecule is C=Cc1ccc(C)nc1.Cc1ccc(S(=O)(=O)[O-])cc1. The smallest absolute Gasteiger partial charge is 0.124 e. The molecule has 20 heavy (non-hydrogen) atoms. The number of hydrogen-bond acceptors (Lipinski definition) is 4. The fraction of sp³-hybridized carbons (Fsp3) is 0.133. The minimum atomic E-state index is -4.27. The number of rotatable bonds is 2. The van der Waals surface area contributed by atoms with Crippen LogP contribution in [0.3, 0.4) is 0 Å². The number of aromatic nitrogens is 1. The Morgan fingerprint density at radius 3 is 2.10 bits per heavy atom. The molecule has 2 aromatic rings. The molecule has 1 aromatic heterocycles. The quantitative estimate of drug-likeness (QED) is 0.797. The van der Waals surface area contributed by atoms with Gasteiger partial charge in [0.2, 0.25) is 0 Å². The summed E-state index contributed by atoms with van der Waals surface area (Å²) in [6.07, 6.45) is 3.59. The van der Waals surface area contributed by atoms with E-state index in [0.29, 0.717) is 0 Å². The van der Waals surface area contributed by atoms with Crippen molar-refractivity contribution in [1.29, 1.82) is 0 Å². The first-order valence-electron chi connectivity index (χ1n) is 5.90. The van der Waals surface area contributed by atoms with Gasteiger partial charge in [0.25, 0.3) is 0 Å². The Bertz CT molecular complexity index is 659. The van der Waals surface area contributed by atoms with Crippen molar-refractivity contribution >= 4 is 16.2 Å². The Morgan fingerprint density at radius 2 is 1.70 bits per heavy atom. The van der Waals surface area contributed by atoms with Gasteiger partial charge in [-0.15, -0.1) is 0 Å². The van der Waals surface area contributed by atoms with Gasteiger partial charge in [0.1, 0.15) is 10.1 Å². The van der Waals surface area contributed by atoms with E-state index in [-0.39, 0.29) is 4.90 Å². The zero-order valence-corrected chi connectivity index (χ0v) is 12.2. The van der Waals surface area contributed by atoms with Crippen LogP contribution in [-0.2, 0) is 10.1 Å². The number of pyridine rings is 1. The average molecular weight is 290 g/mol. The third-order valence-corrected chi connectivity index (χ3v) is 3.33. The molecule has 106 valence electrons. The molecular formula is C15H16NO3S-. The normalized spacial score (nSPS) is 10.3. The van der Waals surface area contributed by atoms with Gasteiger partial charge in [0.15, 0.2) is 0 Å². The van der Waals surface area contributed by atoms with E-state index < -0.39 is 10.1 Å². The van der Waals surface area contributed by atoms with Crippen LogP contribution in [0, 0.1) is 13.8 Å². The van der Waals surface area contributed by atoms with Crippen LogP contribution in [-0.4, -0.2) is 18.0 Å². The van der Waals surface area contributed by atoms with Crippen LogP contribution in [0.25, 0.3) is 6.08 Å². The molecule has 0 unspecified atom stereocenters. The lowest BCUT2D eigenvalue weighted by Crippen LogP contribution is -1.97. The molecule has 0 N–H and O–H groups in total. The van der Waals surface area contributed by atoms with Crippen LogP contribution in [0.15, 0.2) is 54.1 Å². The third-order valence-electron chi connectivity index (χ3n) is 2.48. The summed E-state index contributed by atoms with van der Waals surface area (Å²) in [5, 5.41) is 0. The molecule has 0 saturated heterocycles. The molecule has 0 amide bonds. The van der Waals surface area contributed by atoms with Gasteiger partial charge in [-0.2, -0.15) is 0 Å². The van der Waals surface area contributed by atoms with Crippen molar-refractivity contribution in [2.24, 2.45) is 0 Å². The minimum Gasteiger partial charge on any atom is -0.744 e. The highest BCUT2D eigenvalue weighted by atomic mass is 32.2. The molecule has 0 aliphatic heterocycles. The average Bonchev–Trinajstić information content (AvgIpc) is 2.40. The highest BCUT2D eigenvalue weighted by Crippen LogP contribution is 2.08. The number of hydrogen-bond donors (Lipinski definition) is 0. The zero-order valence-electron chi connectivity index (χ0n) is 11.4. The maximum atomic E-state index is 10.4. The van der Waals surface area contributed by atoms with E-state index >= 15 is 0 Å². The van der Waals surface area contributed by atoms with Crippen molar-refractivity contribution in [3.8, 4) is 0 Å². The van der Waals surface area contributed by atoms with Gasteiger partial charge >= 0.3 is 0 Å². The molecule has 0 fully saturated rings. The molecule has 1 heterocycles. The van der Waals surface area contributed by atoms with E-state index in [4.69, 9.17) is 0 Å². The van der Waals surface area contributed by atoms with Gasteiger partial charge in [-0.1, -0.05) is 36.4 Å². The van der Waals surface area contributed by atoms with Gasteiger partial charge in [-0.3, -0.25) is 4.98 Å². The number of nitrogens with zero attached hydrogens (tertiary/aromatic N) is 1. The first kappa shape index (κ1) is 16.1. The molecule has 5 heteroatoms. The van der Waals surface area contributed by atoms with Crippen LogP contribution < -0.4 is 0 Å². The molecule has 0 aliphatic carbocycles. The summed E-state index contributed by atoms with van der Waals surface area (Å²) < 4.78 is 31.2. The summed E-state index contributed by atoms with van der Waals surface area (Å²) in [7, 11) is -4.27. The van der Waals surface area contributed by atoms with Crippen molar-refractivity contribution < 1.29 is 13.0 Å². The predicted octanol–water partition coefficient (Wildman–Crippen LogP) is 2.93. The Hall–Kier alpha value is -1.98. The molecular weight excluding hydrogens is 274 g/mol. The number of benzene rings is 1. The monoisotopic (exact) mass is 290 g/mol. The summed E-state index contributed by atoms with van der Waals surface area (Å²) in [5.74, 6) is 0. The van der Waals surface area contributed by atoms with E-state index in [9.17, 15) is 13.0 Å². The first-order valence-corrected chi connectivity index (χ1v) is 7.31. The van der Waals surface area contributed by atoms with Crippen LogP contribution in [0.5, 0.6) is 0 Å². The molecule has 0 radical (unpaired) electrons. The highest BCUT2D eigenvalue weighted by Gasteiger charge is 1.97. The van der Waals surface area contributed by atoms with Gasteiger partial charge in [-0.25, -0.2) is 8.42 Å². The third kappa shape index (κ3) is 5.34. The van der Waals surface area contributed by atoms with Crippen molar-refractivity contribution in [3.63, 3.8) is 0 Å². The Balaban J connectivity index is 0.000000204. The molecule has 0 bridgehead atoms. The predicted molar refractivity (Wildman–Crippen MR) is 78.2 cm³/mol. The van der Waals surface area contributed by atoms with E-state index in [1.807, 2.05) is 32.2 Å². The fourth-order valence-electron chi connectivity index (χ4n) is 1.30. The van der Waals surface area contributed by atoms with E-state index in [0.717, 1.165) is 16.8 Å².